The molecular weight excluding hydrogens is 243 g/mol. The highest BCUT2D eigenvalue weighted by Crippen LogP contribution is 2.30. The molecule has 0 aliphatic carbocycles. The third-order valence-corrected chi connectivity index (χ3v) is 3.65. The van der Waals surface area contributed by atoms with E-state index in [2.05, 4.69) is 17.1 Å². The number of methoxy groups -OCH3 is 1. The second kappa shape index (κ2) is 6.87. The Morgan fingerprint density at radius 3 is 3.11 bits per heavy atom. The molecule has 0 fully saturated rings. The number of fused-ring (bicyclic) bond motifs is 1. The van der Waals surface area contributed by atoms with Crippen LogP contribution in [0, 0.1) is 5.82 Å². The Labute approximate surface area is 114 Å². The van der Waals surface area contributed by atoms with E-state index >= 15 is 0 Å². The average molecular weight is 266 g/mol. The van der Waals surface area contributed by atoms with E-state index in [-0.39, 0.29) is 5.82 Å². The molecule has 3 nitrogen and oxygen atoms in total. The van der Waals surface area contributed by atoms with Crippen molar-refractivity contribution in [3.05, 3.63) is 29.6 Å². The summed E-state index contributed by atoms with van der Waals surface area (Å²) >= 11 is 0. The van der Waals surface area contributed by atoms with E-state index < -0.39 is 0 Å². The number of ether oxygens (including phenoxy) is 1. The topological polar surface area (TPSA) is 24.5 Å². The summed E-state index contributed by atoms with van der Waals surface area (Å²) in [5.74, 6) is -0.147. The quantitative estimate of drug-likeness (QED) is 0.766. The van der Waals surface area contributed by atoms with Crippen LogP contribution in [-0.2, 0) is 11.2 Å². The number of nitrogens with zero attached hydrogens (tertiary/aromatic N) is 1. The standard InChI is InChI=1S/C15H23FN2O/c1-12(11-17-7-3-9-19-2)18-8-6-13-4-5-14(16)10-15(13)18/h4-5,10,12,17H,3,6-9,11H2,1-2H3. The van der Waals surface area contributed by atoms with Gasteiger partial charge < -0.3 is 15.0 Å². The molecule has 0 bridgehead atoms. The van der Waals surface area contributed by atoms with Crippen LogP contribution >= 0.6 is 0 Å². The van der Waals surface area contributed by atoms with Crippen molar-refractivity contribution in [1.82, 2.24) is 5.32 Å². The summed E-state index contributed by atoms with van der Waals surface area (Å²) in [4.78, 5) is 2.29. The maximum atomic E-state index is 13.3. The number of nitrogens with one attached hydrogen (secondary N) is 1. The second-order valence-electron chi connectivity index (χ2n) is 5.12. The first-order valence-electron chi connectivity index (χ1n) is 6.97. The SMILES string of the molecule is COCCCNCC(C)N1CCc2ccc(F)cc21. The van der Waals surface area contributed by atoms with Gasteiger partial charge in [0.2, 0.25) is 0 Å². The molecule has 0 saturated heterocycles. The van der Waals surface area contributed by atoms with Gasteiger partial charge in [-0.3, -0.25) is 0 Å². The van der Waals surface area contributed by atoms with Crippen molar-refractivity contribution < 1.29 is 9.13 Å². The highest BCUT2D eigenvalue weighted by molar-refractivity contribution is 5.58. The van der Waals surface area contributed by atoms with E-state index in [1.165, 1.54) is 5.56 Å². The molecule has 2 rings (SSSR count). The van der Waals surface area contributed by atoms with E-state index in [0.717, 1.165) is 44.8 Å². The van der Waals surface area contributed by atoms with Crippen LogP contribution in [0.5, 0.6) is 0 Å². The van der Waals surface area contributed by atoms with Crippen LogP contribution in [0.2, 0.25) is 0 Å². The van der Waals surface area contributed by atoms with Crippen LogP contribution in [0.4, 0.5) is 10.1 Å². The lowest BCUT2D eigenvalue weighted by Crippen LogP contribution is -2.39. The molecule has 1 aromatic rings. The molecule has 1 aromatic carbocycles. The zero-order chi connectivity index (χ0) is 13.7. The molecule has 1 aliphatic rings. The van der Waals surface area contributed by atoms with Gasteiger partial charge in [-0.2, -0.15) is 0 Å². The van der Waals surface area contributed by atoms with Gasteiger partial charge in [0.25, 0.3) is 0 Å². The van der Waals surface area contributed by atoms with Crippen molar-refractivity contribution in [2.45, 2.75) is 25.8 Å². The van der Waals surface area contributed by atoms with Crippen molar-refractivity contribution in [3.8, 4) is 0 Å². The Hall–Kier alpha value is -1.13. The van der Waals surface area contributed by atoms with Gasteiger partial charge in [0.15, 0.2) is 0 Å². The first kappa shape index (κ1) is 14.3. The molecule has 1 heterocycles. The molecule has 0 amide bonds. The Morgan fingerprint density at radius 2 is 2.32 bits per heavy atom. The molecule has 19 heavy (non-hydrogen) atoms. The number of anilines is 1. The van der Waals surface area contributed by atoms with E-state index in [4.69, 9.17) is 4.74 Å². The summed E-state index contributed by atoms with van der Waals surface area (Å²) in [6.07, 6.45) is 2.04. The van der Waals surface area contributed by atoms with Crippen molar-refractivity contribution >= 4 is 5.69 Å². The highest BCUT2D eigenvalue weighted by Gasteiger charge is 2.23. The van der Waals surface area contributed by atoms with E-state index in [1.807, 2.05) is 6.07 Å². The molecule has 106 valence electrons. The Bertz CT molecular complexity index is 411. The number of benzene rings is 1. The van der Waals surface area contributed by atoms with Crippen LogP contribution < -0.4 is 10.2 Å². The van der Waals surface area contributed by atoms with Crippen molar-refractivity contribution in [2.24, 2.45) is 0 Å². The third-order valence-electron chi connectivity index (χ3n) is 3.65. The predicted molar refractivity (Wildman–Crippen MR) is 76.3 cm³/mol. The lowest BCUT2D eigenvalue weighted by molar-refractivity contribution is 0.194. The van der Waals surface area contributed by atoms with Crippen LogP contribution in [-0.4, -0.2) is 39.4 Å². The molecule has 1 unspecified atom stereocenters. The number of rotatable bonds is 7. The first-order valence-corrected chi connectivity index (χ1v) is 6.97. The summed E-state index contributed by atoms with van der Waals surface area (Å²) in [5, 5.41) is 3.43. The van der Waals surface area contributed by atoms with Crippen molar-refractivity contribution in [2.75, 3.05) is 38.3 Å². The molecule has 1 aliphatic heterocycles. The number of hydrogen-bond donors (Lipinski definition) is 1. The predicted octanol–water partition coefficient (Wildman–Crippen LogP) is 2.20. The van der Waals surface area contributed by atoms with E-state index in [0.29, 0.717) is 6.04 Å². The Balaban J connectivity index is 1.85. The van der Waals surface area contributed by atoms with Gasteiger partial charge in [0.1, 0.15) is 5.82 Å². The van der Waals surface area contributed by atoms with Crippen LogP contribution in [0.1, 0.15) is 18.9 Å². The van der Waals surface area contributed by atoms with Gasteiger partial charge in [0.05, 0.1) is 0 Å². The molecule has 0 spiro atoms. The smallest absolute Gasteiger partial charge is 0.125 e. The van der Waals surface area contributed by atoms with Crippen LogP contribution in [0.3, 0.4) is 0 Å². The molecular formula is C15H23FN2O. The maximum absolute atomic E-state index is 13.3. The molecule has 4 heteroatoms. The lowest BCUT2D eigenvalue weighted by Gasteiger charge is -2.27. The zero-order valence-electron chi connectivity index (χ0n) is 11.8. The highest BCUT2D eigenvalue weighted by atomic mass is 19.1. The average Bonchev–Trinajstić information content (AvgIpc) is 2.81. The fraction of sp³-hybridized carbons (Fsp3) is 0.600. The third kappa shape index (κ3) is 3.67. The largest absolute Gasteiger partial charge is 0.385 e. The summed E-state index contributed by atoms with van der Waals surface area (Å²) < 4.78 is 18.4. The minimum Gasteiger partial charge on any atom is -0.385 e. The van der Waals surface area contributed by atoms with Crippen molar-refractivity contribution in [1.29, 1.82) is 0 Å². The Kier molecular flexibility index (Phi) is 5.16. The Morgan fingerprint density at radius 1 is 1.47 bits per heavy atom. The summed E-state index contributed by atoms with van der Waals surface area (Å²) in [6, 6.07) is 5.49. The van der Waals surface area contributed by atoms with Gasteiger partial charge in [0, 0.05) is 38.5 Å². The molecule has 0 radical (unpaired) electrons. The first-order chi connectivity index (χ1) is 9.22. The minimum absolute atomic E-state index is 0.147. The summed E-state index contributed by atoms with van der Waals surface area (Å²) in [5.41, 5.74) is 2.32. The zero-order valence-corrected chi connectivity index (χ0v) is 11.8. The number of hydrogen-bond acceptors (Lipinski definition) is 3. The van der Waals surface area contributed by atoms with Crippen LogP contribution in [0.15, 0.2) is 18.2 Å². The van der Waals surface area contributed by atoms with Gasteiger partial charge in [-0.1, -0.05) is 6.07 Å². The van der Waals surface area contributed by atoms with Crippen molar-refractivity contribution in [3.63, 3.8) is 0 Å². The number of halogens is 1. The monoisotopic (exact) mass is 266 g/mol. The molecule has 0 saturated carbocycles. The van der Waals surface area contributed by atoms with Gasteiger partial charge in [-0.25, -0.2) is 4.39 Å². The fourth-order valence-corrected chi connectivity index (χ4v) is 2.60. The molecule has 1 atom stereocenters. The molecule has 1 N–H and O–H groups in total. The van der Waals surface area contributed by atoms with E-state index in [9.17, 15) is 4.39 Å². The second-order valence-corrected chi connectivity index (χ2v) is 5.12. The van der Waals surface area contributed by atoms with Gasteiger partial charge in [-0.15, -0.1) is 0 Å². The van der Waals surface area contributed by atoms with E-state index in [1.54, 1.807) is 19.2 Å². The molecule has 0 aromatic heterocycles. The fourth-order valence-electron chi connectivity index (χ4n) is 2.60. The maximum Gasteiger partial charge on any atom is 0.125 e. The van der Waals surface area contributed by atoms with Gasteiger partial charge in [-0.05, 0) is 44.0 Å². The van der Waals surface area contributed by atoms with Gasteiger partial charge >= 0.3 is 0 Å². The summed E-state index contributed by atoms with van der Waals surface area (Å²) in [7, 11) is 1.72. The lowest BCUT2D eigenvalue weighted by atomic mass is 10.1. The minimum atomic E-state index is -0.147. The van der Waals surface area contributed by atoms with Crippen LogP contribution in [0.25, 0.3) is 0 Å². The summed E-state index contributed by atoms with van der Waals surface area (Å²) in [6.45, 7) is 5.84. The normalized spacial score (nSPS) is 15.6.